The van der Waals surface area contributed by atoms with E-state index in [9.17, 15) is 0 Å². The number of halogens is 1. The topological polar surface area (TPSA) is 21.3 Å². The summed E-state index contributed by atoms with van der Waals surface area (Å²) in [5, 5.41) is 0.703. The second-order valence-corrected chi connectivity index (χ2v) is 2.48. The molecule has 0 fully saturated rings. The van der Waals surface area contributed by atoms with Crippen molar-refractivity contribution in [1.29, 1.82) is 0 Å². The van der Waals surface area contributed by atoms with Crippen LogP contribution in [0.3, 0.4) is 0 Å². The Morgan fingerprint density at radius 2 is 2.36 bits per heavy atom. The molecule has 0 spiro atoms. The predicted octanol–water partition coefficient (Wildman–Crippen LogP) is 2.70. The molecule has 0 bridgehead atoms. The number of hydrogen-bond acceptors (Lipinski definition) is 2. The van der Waals surface area contributed by atoms with Gasteiger partial charge < -0.3 is 0 Å². The largest absolute Gasteiger partial charge is 0.276 e. The molecule has 0 atom stereocenters. The summed E-state index contributed by atoms with van der Waals surface area (Å²) < 4.78 is 0. The molecule has 1 rings (SSSR count). The van der Waals surface area contributed by atoms with Gasteiger partial charge in [-0.05, 0) is 25.1 Å². The molecule has 60 valence electrons. The molecule has 0 amide bonds. The lowest BCUT2D eigenvalue weighted by molar-refractivity contribution is 0.210. The van der Waals surface area contributed by atoms with Crippen molar-refractivity contribution < 1.29 is 4.84 Å². The van der Waals surface area contributed by atoms with Gasteiger partial charge in [-0.2, -0.15) is 0 Å². The van der Waals surface area contributed by atoms with E-state index in [0.29, 0.717) is 11.6 Å². The summed E-state index contributed by atoms with van der Waals surface area (Å²) in [7, 11) is 0. The molecular formula is C8H10ClNO. The van der Waals surface area contributed by atoms with Gasteiger partial charge in [0.1, 0.15) is 0 Å². The van der Waals surface area contributed by atoms with Gasteiger partial charge in [0, 0.05) is 5.02 Å². The van der Waals surface area contributed by atoms with Crippen LogP contribution in [0.5, 0.6) is 0 Å². The number of nitrogens with one attached hydrogen (secondary N) is 1. The maximum absolute atomic E-state index is 5.73. The van der Waals surface area contributed by atoms with Crippen LogP contribution in [0, 0.1) is 0 Å². The summed E-state index contributed by atoms with van der Waals surface area (Å²) in [6.45, 7) is 2.55. The normalized spacial score (nSPS) is 9.64. The van der Waals surface area contributed by atoms with Crippen LogP contribution in [0.1, 0.15) is 6.92 Å². The Morgan fingerprint density at radius 1 is 1.55 bits per heavy atom. The third-order valence-electron chi connectivity index (χ3n) is 1.16. The summed E-state index contributed by atoms with van der Waals surface area (Å²) in [4.78, 5) is 4.97. The zero-order valence-electron chi connectivity index (χ0n) is 6.30. The fourth-order valence-electron chi connectivity index (χ4n) is 0.707. The first-order valence-corrected chi connectivity index (χ1v) is 3.84. The van der Waals surface area contributed by atoms with Crippen LogP contribution in [0.25, 0.3) is 0 Å². The third kappa shape index (κ3) is 2.78. The monoisotopic (exact) mass is 171 g/mol. The molecule has 0 aromatic heterocycles. The van der Waals surface area contributed by atoms with E-state index in [1.165, 1.54) is 0 Å². The maximum atomic E-state index is 5.73. The van der Waals surface area contributed by atoms with Crippen molar-refractivity contribution in [2.45, 2.75) is 6.92 Å². The van der Waals surface area contributed by atoms with E-state index in [-0.39, 0.29) is 0 Å². The second-order valence-electron chi connectivity index (χ2n) is 2.05. The van der Waals surface area contributed by atoms with Crippen molar-refractivity contribution in [1.82, 2.24) is 0 Å². The van der Waals surface area contributed by atoms with E-state index in [2.05, 4.69) is 5.48 Å². The highest BCUT2D eigenvalue weighted by atomic mass is 35.5. The number of hydrogen-bond donors (Lipinski definition) is 1. The van der Waals surface area contributed by atoms with Crippen molar-refractivity contribution in [3.05, 3.63) is 29.3 Å². The van der Waals surface area contributed by atoms with Crippen molar-refractivity contribution in [2.75, 3.05) is 12.1 Å². The highest BCUT2D eigenvalue weighted by molar-refractivity contribution is 6.30. The molecule has 0 heterocycles. The van der Waals surface area contributed by atoms with Gasteiger partial charge in [-0.15, -0.1) is 0 Å². The first-order chi connectivity index (χ1) is 5.33. The van der Waals surface area contributed by atoms with Gasteiger partial charge in [-0.25, -0.2) is 0 Å². The van der Waals surface area contributed by atoms with Gasteiger partial charge in [-0.3, -0.25) is 10.3 Å². The maximum Gasteiger partial charge on any atom is 0.0717 e. The first-order valence-electron chi connectivity index (χ1n) is 3.46. The van der Waals surface area contributed by atoms with Crippen LogP contribution in [0.2, 0.25) is 5.02 Å². The lowest BCUT2D eigenvalue weighted by Gasteiger charge is -2.03. The average Bonchev–Trinajstić information content (AvgIpc) is 2.01. The minimum Gasteiger partial charge on any atom is -0.276 e. The molecule has 1 aromatic rings. The van der Waals surface area contributed by atoms with Crippen LogP contribution in [0.15, 0.2) is 24.3 Å². The van der Waals surface area contributed by atoms with E-state index in [0.717, 1.165) is 5.69 Å². The first kappa shape index (κ1) is 8.37. The van der Waals surface area contributed by atoms with Gasteiger partial charge in [0.25, 0.3) is 0 Å². The summed E-state index contributed by atoms with van der Waals surface area (Å²) in [5.41, 5.74) is 3.63. The molecule has 1 N–H and O–H groups in total. The van der Waals surface area contributed by atoms with E-state index in [1.54, 1.807) is 6.07 Å². The number of benzene rings is 1. The molecule has 0 radical (unpaired) electrons. The van der Waals surface area contributed by atoms with E-state index in [1.807, 2.05) is 25.1 Å². The van der Waals surface area contributed by atoms with E-state index in [4.69, 9.17) is 16.4 Å². The Morgan fingerprint density at radius 3 is 3.00 bits per heavy atom. The Labute approximate surface area is 71.1 Å². The minimum absolute atomic E-state index is 0.631. The second kappa shape index (κ2) is 4.21. The van der Waals surface area contributed by atoms with Crippen LogP contribution in [0.4, 0.5) is 5.69 Å². The third-order valence-corrected chi connectivity index (χ3v) is 1.39. The molecule has 0 saturated heterocycles. The van der Waals surface area contributed by atoms with Crippen molar-refractivity contribution in [3.63, 3.8) is 0 Å². The zero-order valence-corrected chi connectivity index (χ0v) is 7.06. The summed E-state index contributed by atoms with van der Waals surface area (Å²) >= 11 is 5.73. The Balaban J connectivity index is 2.56. The fraction of sp³-hybridized carbons (Fsp3) is 0.250. The quantitative estimate of drug-likeness (QED) is 0.707. The molecule has 3 heteroatoms. The van der Waals surface area contributed by atoms with Gasteiger partial charge in [0.05, 0.1) is 12.3 Å². The highest BCUT2D eigenvalue weighted by Gasteiger charge is 1.90. The molecule has 0 aliphatic carbocycles. The highest BCUT2D eigenvalue weighted by Crippen LogP contribution is 2.14. The molecule has 1 aromatic carbocycles. The summed E-state index contributed by atoms with van der Waals surface area (Å²) in [6.07, 6.45) is 0. The van der Waals surface area contributed by atoms with Crippen LogP contribution in [-0.2, 0) is 4.84 Å². The molecule has 0 aliphatic rings. The SMILES string of the molecule is CCONc1cccc(Cl)c1. The molecule has 0 saturated carbocycles. The van der Waals surface area contributed by atoms with E-state index < -0.39 is 0 Å². The standard InChI is InChI=1S/C8H10ClNO/c1-2-11-10-8-5-3-4-7(9)6-8/h3-6,10H,2H2,1H3. The smallest absolute Gasteiger partial charge is 0.0717 e. The molecule has 0 aliphatic heterocycles. The van der Waals surface area contributed by atoms with Crippen molar-refractivity contribution in [2.24, 2.45) is 0 Å². The molecule has 2 nitrogen and oxygen atoms in total. The van der Waals surface area contributed by atoms with Crippen molar-refractivity contribution >= 4 is 17.3 Å². The lowest BCUT2D eigenvalue weighted by atomic mass is 10.3. The summed E-state index contributed by atoms with van der Waals surface area (Å²) in [6, 6.07) is 7.38. The lowest BCUT2D eigenvalue weighted by Crippen LogP contribution is -1.99. The van der Waals surface area contributed by atoms with Crippen LogP contribution in [-0.4, -0.2) is 6.61 Å². The van der Waals surface area contributed by atoms with Gasteiger partial charge in [-0.1, -0.05) is 17.7 Å². The predicted molar refractivity (Wildman–Crippen MR) is 46.7 cm³/mol. The Bertz CT molecular complexity index is 227. The van der Waals surface area contributed by atoms with Gasteiger partial charge in [0.2, 0.25) is 0 Å². The minimum atomic E-state index is 0.631. The Hall–Kier alpha value is -0.730. The number of anilines is 1. The molecular weight excluding hydrogens is 162 g/mol. The fourth-order valence-corrected chi connectivity index (χ4v) is 0.898. The van der Waals surface area contributed by atoms with Gasteiger partial charge >= 0.3 is 0 Å². The van der Waals surface area contributed by atoms with Crippen LogP contribution >= 0.6 is 11.6 Å². The van der Waals surface area contributed by atoms with Gasteiger partial charge in [0.15, 0.2) is 0 Å². The van der Waals surface area contributed by atoms with Crippen LogP contribution < -0.4 is 5.48 Å². The Kier molecular flexibility index (Phi) is 3.20. The average molecular weight is 172 g/mol. The van der Waals surface area contributed by atoms with Crippen molar-refractivity contribution in [3.8, 4) is 0 Å². The number of rotatable bonds is 3. The molecule has 0 unspecified atom stereocenters. The molecule has 11 heavy (non-hydrogen) atoms. The zero-order chi connectivity index (χ0) is 8.10. The summed E-state index contributed by atoms with van der Waals surface area (Å²) in [5.74, 6) is 0. The van der Waals surface area contributed by atoms with E-state index >= 15 is 0 Å².